The molecule has 1 N–H and O–H groups in total. The zero-order valence-electron chi connectivity index (χ0n) is 20.2. The minimum absolute atomic E-state index is 0.0738. The molecule has 2 aromatic carbocycles. The van der Waals surface area contributed by atoms with Crippen LogP contribution in [0.15, 0.2) is 70.1 Å². The van der Waals surface area contributed by atoms with Crippen LogP contribution in [0.25, 0.3) is 10.9 Å². The Morgan fingerprint density at radius 3 is 2.54 bits per heavy atom. The molecule has 5 aromatic rings. The fraction of sp³-hybridized carbons (Fsp3) is 0.259. The summed E-state index contributed by atoms with van der Waals surface area (Å²) in [5.74, 6) is 1.48. The van der Waals surface area contributed by atoms with Crippen LogP contribution in [0.3, 0.4) is 0 Å². The summed E-state index contributed by atoms with van der Waals surface area (Å²) in [6.07, 6.45) is 1.64. The lowest BCUT2D eigenvalue weighted by atomic mass is 10.0. The number of aromatic amines is 1. The van der Waals surface area contributed by atoms with Gasteiger partial charge in [0.1, 0.15) is 12.3 Å². The van der Waals surface area contributed by atoms with Gasteiger partial charge in [-0.1, -0.05) is 42.0 Å². The summed E-state index contributed by atoms with van der Waals surface area (Å²) in [7, 11) is 0. The summed E-state index contributed by atoms with van der Waals surface area (Å²) in [5, 5.41) is 13.4. The Bertz CT molecular complexity index is 1500. The van der Waals surface area contributed by atoms with Crippen molar-refractivity contribution in [3.05, 3.63) is 111 Å². The first-order valence-electron chi connectivity index (χ1n) is 11.6. The van der Waals surface area contributed by atoms with Gasteiger partial charge < -0.3 is 9.40 Å². The number of furan rings is 1. The van der Waals surface area contributed by atoms with Gasteiger partial charge in [-0.05, 0) is 66.1 Å². The van der Waals surface area contributed by atoms with E-state index in [2.05, 4.69) is 69.6 Å². The summed E-state index contributed by atoms with van der Waals surface area (Å²) in [4.78, 5) is 18.4. The van der Waals surface area contributed by atoms with Crippen LogP contribution in [0.4, 0.5) is 0 Å². The number of fused-ring (bicyclic) bond motifs is 1. The van der Waals surface area contributed by atoms with E-state index in [1.165, 1.54) is 5.56 Å². The van der Waals surface area contributed by atoms with Crippen molar-refractivity contribution in [1.82, 2.24) is 30.1 Å². The fourth-order valence-electron chi connectivity index (χ4n) is 4.31. The lowest BCUT2D eigenvalue weighted by molar-refractivity contribution is 0.235. The first-order chi connectivity index (χ1) is 17.0. The van der Waals surface area contributed by atoms with Gasteiger partial charge in [-0.3, -0.25) is 9.69 Å². The van der Waals surface area contributed by atoms with Gasteiger partial charge in [0.2, 0.25) is 0 Å². The highest BCUT2D eigenvalue weighted by Crippen LogP contribution is 2.21. The number of nitrogens with zero attached hydrogens (tertiary/aromatic N) is 5. The molecule has 0 fully saturated rings. The first kappa shape index (κ1) is 22.7. The summed E-state index contributed by atoms with van der Waals surface area (Å²) in [5.41, 5.74) is 6.09. The topological polar surface area (TPSA) is 92.8 Å². The van der Waals surface area contributed by atoms with Crippen molar-refractivity contribution < 1.29 is 4.42 Å². The van der Waals surface area contributed by atoms with Gasteiger partial charge >= 0.3 is 0 Å². The normalized spacial score (nSPS) is 11.5. The number of aryl methyl sites for hydroxylation is 3. The molecule has 0 radical (unpaired) electrons. The molecular weight excluding hydrogens is 440 g/mol. The minimum Gasteiger partial charge on any atom is -0.467 e. The maximum absolute atomic E-state index is 13.1. The van der Waals surface area contributed by atoms with Gasteiger partial charge in [0.15, 0.2) is 5.82 Å². The van der Waals surface area contributed by atoms with Gasteiger partial charge in [-0.15, -0.1) is 5.10 Å². The van der Waals surface area contributed by atoms with Gasteiger partial charge in [0, 0.05) is 24.0 Å². The van der Waals surface area contributed by atoms with Crippen molar-refractivity contribution in [2.75, 3.05) is 0 Å². The Labute approximate surface area is 203 Å². The smallest absolute Gasteiger partial charge is 0.252 e. The lowest BCUT2D eigenvalue weighted by Gasteiger charge is -2.22. The number of H-pyrrole nitrogens is 1. The van der Waals surface area contributed by atoms with Crippen molar-refractivity contribution in [1.29, 1.82) is 0 Å². The van der Waals surface area contributed by atoms with E-state index in [9.17, 15) is 4.79 Å². The number of aromatic nitrogens is 5. The Morgan fingerprint density at radius 2 is 1.77 bits per heavy atom. The molecule has 5 rings (SSSR count). The Morgan fingerprint density at radius 1 is 0.971 bits per heavy atom. The molecule has 3 aromatic heterocycles. The predicted octanol–water partition coefficient (Wildman–Crippen LogP) is 4.28. The van der Waals surface area contributed by atoms with E-state index in [0.717, 1.165) is 33.4 Å². The van der Waals surface area contributed by atoms with Gasteiger partial charge in [0.25, 0.3) is 5.56 Å². The fourth-order valence-corrected chi connectivity index (χ4v) is 4.31. The van der Waals surface area contributed by atoms with Crippen molar-refractivity contribution in [2.24, 2.45) is 0 Å². The molecule has 8 heteroatoms. The van der Waals surface area contributed by atoms with E-state index in [-0.39, 0.29) is 5.56 Å². The molecule has 0 atom stereocenters. The highest BCUT2D eigenvalue weighted by atomic mass is 16.3. The molecule has 178 valence electrons. The van der Waals surface area contributed by atoms with Crippen LogP contribution in [-0.4, -0.2) is 30.1 Å². The van der Waals surface area contributed by atoms with E-state index in [0.29, 0.717) is 37.6 Å². The van der Waals surface area contributed by atoms with E-state index in [1.807, 2.05) is 31.2 Å². The van der Waals surface area contributed by atoms with Gasteiger partial charge in [-0.2, -0.15) is 0 Å². The van der Waals surface area contributed by atoms with Crippen LogP contribution in [0.2, 0.25) is 0 Å². The average molecular weight is 469 g/mol. The third-order valence-electron chi connectivity index (χ3n) is 6.30. The van der Waals surface area contributed by atoms with Crippen molar-refractivity contribution >= 4 is 10.9 Å². The molecule has 0 aliphatic heterocycles. The molecule has 0 aliphatic rings. The second kappa shape index (κ2) is 9.68. The van der Waals surface area contributed by atoms with Crippen molar-refractivity contribution in [3.63, 3.8) is 0 Å². The zero-order valence-corrected chi connectivity index (χ0v) is 20.2. The number of hydrogen-bond acceptors (Lipinski definition) is 6. The number of nitrogens with one attached hydrogen (secondary N) is 1. The monoisotopic (exact) mass is 468 g/mol. The Balaban J connectivity index is 1.47. The van der Waals surface area contributed by atoms with Crippen LogP contribution in [0.1, 0.15) is 39.4 Å². The van der Waals surface area contributed by atoms with Crippen LogP contribution >= 0.6 is 0 Å². The molecule has 0 spiro atoms. The maximum atomic E-state index is 13.1. The number of pyridine rings is 1. The summed E-state index contributed by atoms with van der Waals surface area (Å²) in [6, 6.07) is 18.3. The molecule has 3 heterocycles. The molecular formula is C27H28N6O2. The second-order valence-corrected chi connectivity index (χ2v) is 9.07. The third kappa shape index (κ3) is 5.07. The minimum atomic E-state index is -0.0738. The Kier molecular flexibility index (Phi) is 6.29. The second-order valence-electron chi connectivity index (χ2n) is 9.07. The molecule has 0 saturated heterocycles. The molecule has 8 nitrogen and oxygen atoms in total. The molecule has 0 bridgehead atoms. The molecule has 35 heavy (non-hydrogen) atoms. The molecule has 0 aliphatic carbocycles. The molecule has 0 unspecified atom stereocenters. The van der Waals surface area contributed by atoms with Crippen molar-refractivity contribution in [3.8, 4) is 0 Å². The Hall–Kier alpha value is -4.04. The van der Waals surface area contributed by atoms with Crippen LogP contribution < -0.4 is 5.56 Å². The number of rotatable bonds is 8. The highest BCUT2D eigenvalue weighted by Gasteiger charge is 2.17. The SMILES string of the molecule is Cc1ccc(CN(Cc2cc3c(C)ccc(C)c3[nH]c2=O)Cc2nnnn2Cc2ccco2)cc1. The number of hydrogen-bond donors (Lipinski definition) is 1. The van der Waals surface area contributed by atoms with Gasteiger partial charge in [-0.25, -0.2) is 4.68 Å². The van der Waals surface area contributed by atoms with Crippen LogP contribution in [0, 0.1) is 20.8 Å². The molecule has 0 amide bonds. The number of tetrazole rings is 1. The highest BCUT2D eigenvalue weighted by molar-refractivity contribution is 5.85. The van der Waals surface area contributed by atoms with Crippen LogP contribution in [-0.2, 0) is 26.2 Å². The quantitative estimate of drug-likeness (QED) is 0.365. The van der Waals surface area contributed by atoms with Crippen molar-refractivity contribution in [2.45, 2.75) is 47.0 Å². The first-order valence-corrected chi connectivity index (χ1v) is 11.6. The van der Waals surface area contributed by atoms with E-state index in [4.69, 9.17) is 4.42 Å². The average Bonchev–Trinajstić information content (AvgIpc) is 3.51. The summed E-state index contributed by atoms with van der Waals surface area (Å²) >= 11 is 0. The largest absolute Gasteiger partial charge is 0.467 e. The van der Waals surface area contributed by atoms with E-state index >= 15 is 0 Å². The number of benzene rings is 2. The summed E-state index contributed by atoms with van der Waals surface area (Å²) in [6.45, 7) is 8.19. The molecule has 0 saturated carbocycles. The van der Waals surface area contributed by atoms with Crippen LogP contribution in [0.5, 0.6) is 0 Å². The standard InChI is InChI=1S/C27H28N6O2/c1-18-6-10-21(11-7-18)14-32(17-25-29-30-31-33(25)16-23-5-4-12-35-23)15-22-13-24-19(2)8-9-20(3)26(24)28-27(22)34/h4-13H,14-17H2,1-3H3,(H,28,34). The zero-order chi connectivity index (χ0) is 24.4. The van der Waals surface area contributed by atoms with E-state index in [1.54, 1.807) is 10.9 Å². The summed E-state index contributed by atoms with van der Waals surface area (Å²) < 4.78 is 7.21. The lowest BCUT2D eigenvalue weighted by Crippen LogP contribution is -2.28. The maximum Gasteiger partial charge on any atom is 0.252 e. The predicted molar refractivity (Wildman–Crippen MR) is 134 cm³/mol. The third-order valence-corrected chi connectivity index (χ3v) is 6.30. The van der Waals surface area contributed by atoms with Gasteiger partial charge in [0.05, 0.1) is 18.3 Å². The van der Waals surface area contributed by atoms with E-state index < -0.39 is 0 Å².